The number of nitrogens with one attached hydrogen (secondary N) is 1. The predicted octanol–water partition coefficient (Wildman–Crippen LogP) is 2.88. The normalized spacial score (nSPS) is 11.2. The van der Waals surface area contributed by atoms with Crippen LogP contribution in [0.15, 0.2) is 36.5 Å². The standard InChI is InChI=1S/C23H21N7O2/c1-12-11-29-30-13(2)20(12)23(28)32-17-4-5-19(26)18(8-17)21(27)14-6-15(9-24)22(31-3)16(7-14)10-25/h4-8,11,23,27H,26,28H2,1-3H3/t23-/m0/s1. The van der Waals surface area contributed by atoms with E-state index in [1.54, 1.807) is 31.3 Å². The lowest BCUT2D eigenvalue weighted by Gasteiger charge is -2.19. The summed E-state index contributed by atoms with van der Waals surface area (Å²) in [7, 11) is 1.38. The van der Waals surface area contributed by atoms with Gasteiger partial charge in [0.25, 0.3) is 0 Å². The number of aryl methyl sites for hydroxylation is 2. The number of nitrogen functional groups attached to an aromatic ring is 1. The van der Waals surface area contributed by atoms with Crippen molar-refractivity contribution in [2.24, 2.45) is 5.73 Å². The first-order valence-corrected chi connectivity index (χ1v) is 9.52. The van der Waals surface area contributed by atoms with Crippen molar-refractivity contribution in [1.82, 2.24) is 10.2 Å². The topological polar surface area (TPSA) is 168 Å². The van der Waals surface area contributed by atoms with Crippen LogP contribution in [-0.2, 0) is 0 Å². The van der Waals surface area contributed by atoms with Gasteiger partial charge in [-0.2, -0.15) is 20.7 Å². The van der Waals surface area contributed by atoms with E-state index in [0.717, 1.165) is 11.1 Å². The second kappa shape index (κ2) is 9.13. The largest absolute Gasteiger partial charge is 0.494 e. The molecule has 9 heteroatoms. The molecule has 0 spiro atoms. The minimum atomic E-state index is -0.799. The third-order valence-electron chi connectivity index (χ3n) is 4.94. The zero-order valence-electron chi connectivity index (χ0n) is 17.8. The molecule has 0 amide bonds. The summed E-state index contributed by atoms with van der Waals surface area (Å²) in [6.45, 7) is 3.67. The number of nitrogens with two attached hydrogens (primary N) is 2. The van der Waals surface area contributed by atoms with Crippen LogP contribution >= 0.6 is 0 Å². The summed E-state index contributed by atoms with van der Waals surface area (Å²) in [5, 5.41) is 35.4. The van der Waals surface area contributed by atoms with E-state index in [1.807, 2.05) is 19.1 Å². The van der Waals surface area contributed by atoms with E-state index in [0.29, 0.717) is 28.3 Å². The molecule has 2 aromatic carbocycles. The maximum atomic E-state index is 9.42. The van der Waals surface area contributed by atoms with Gasteiger partial charge in [-0.1, -0.05) is 0 Å². The fourth-order valence-electron chi connectivity index (χ4n) is 3.39. The van der Waals surface area contributed by atoms with E-state index in [4.69, 9.17) is 26.4 Å². The van der Waals surface area contributed by atoms with Gasteiger partial charge < -0.3 is 15.2 Å². The lowest BCUT2D eigenvalue weighted by molar-refractivity contribution is 0.211. The Kier molecular flexibility index (Phi) is 6.34. The van der Waals surface area contributed by atoms with Gasteiger partial charge in [0.1, 0.15) is 17.9 Å². The Morgan fingerprint density at radius 3 is 2.34 bits per heavy atom. The van der Waals surface area contributed by atoms with Crippen LogP contribution < -0.4 is 20.9 Å². The van der Waals surface area contributed by atoms with Crippen molar-refractivity contribution in [3.63, 3.8) is 0 Å². The fraction of sp³-hybridized carbons (Fsp3) is 0.174. The molecule has 3 aromatic rings. The summed E-state index contributed by atoms with van der Waals surface area (Å²) in [5.74, 6) is 0.566. The molecule has 1 aromatic heterocycles. The molecule has 0 unspecified atom stereocenters. The second-order valence-corrected chi connectivity index (χ2v) is 7.02. The van der Waals surface area contributed by atoms with Gasteiger partial charge in [-0.3, -0.25) is 11.1 Å². The van der Waals surface area contributed by atoms with Crippen molar-refractivity contribution >= 4 is 11.4 Å². The molecule has 0 aliphatic carbocycles. The first kappa shape index (κ1) is 22.2. The monoisotopic (exact) mass is 427 g/mol. The van der Waals surface area contributed by atoms with Crippen LogP contribution in [0.1, 0.15) is 45.3 Å². The number of hydrogen-bond acceptors (Lipinski definition) is 9. The summed E-state index contributed by atoms with van der Waals surface area (Å²) >= 11 is 0. The highest BCUT2D eigenvalue weighted by atomic mass is 16.5. The molecule has 3 rings (SSSR count). The van der Waals surface area contributed by atoms with E-state index in [-0.39, 0.29) is 22.6 Å². The molecule has 0 fully saturated rings. The van der Waals surface area contributed by atoms with Crippen LogP contribution in [0.2, 0.25) is 0 Å². The van der Waals surface area contributed by atoms with Crippen LogP contribution in [0.5, 0.6) is 11.5 Å². The summed E-state index contributed by atoms with van der Waals surface area (Å²) < 4.78 is 11.1. The molecule has 160 valence electrons. The third kappa shape index (κ3) is 4.19. The maximum absolute atomic E-state index is 9.42. The number of aromatic nitrogens is 2. The van der Waals surface area contributed by atoms with Crippen LogP contribution in [0.25, 0.3) is 0 Å². The zero-order chi connectivity index (χ0) is 23.4. The molecule has 5 N–H and O–H groups in total. The van der Waals surface area contributed by atoms with Crippen LogP contribution in [-0.4, -0.2) is 23.0 Å². The highest BCUT2D eigenvalue weighted by Crippen LogP contribution is 2.30. The van der Waals surface area contributed by atoms with Gasteiger partial charge >= 0.3 is 0 Å². The molecule has 1 heterocycles. The van der Waals surface area contributed by atoms with Crippen molar-refractivity contribution in [2.45, 2.75) is 20.1 Å². The molecular weight excluding hydrogens is 406 g/mol. The van der Waals surface area contributed by atoms with E-state index in [9.17, 15) is 10.5 Å². The third-order valence-corrected chi connectivity index (χ3v) is 4.94. The second-order valence-electron chi connectivity index (χ2n) is 7.02. The summed E-state index contributed by atoms with van der Waals surface area (Å²) in [6.07, 6.45) is 0.811. The molecule has 32 heavy (non-hydrogen) atoms. The number of nitriles is 2. The Hall–Kier alpha value is -4.47. The number of methoxy groups -OCH3 is 1. The van der Waals surface area contributed by atoms with Gasteiger partial charge in [0.2, 0.25) is 0 Å². The van der Waals surface area contributed by atoms with Crippen molar-refractivity contribution < 1.29 is 9.47 Å². The summed E-state index contributed by atoms with van der Waals surface area (Å²) in [6, 6.07) is 11.8. The van der Waals surface area contributed by atoms with Crippen molar-refractivity contribution in [3.8, 4) is 23.6 Å². The van der Waals surface area contributed by atoms with Crippen molar-refractivity contribution in [3.05, 3.63) is 75.6 Å². The molecule has 0 saturated heterocycles. The van der Waals surface area contributed by atoms with Crippen LogP contribution in [0.3, 0.4) is 0 Å². The van der Waals surface area contributed by atoms with E-state index in [2.05, 4.69) is 10.2 Å². The highest BCUT2D eigenvalue weighted by Gasteiger charge is 2.19. The molecule has 1 atom stereocenters. The Labute approximate surface area is 185 Å². The summed E-state index contributed by atoms with van der Waals surface area (Å²) in [4.78, 5) is 0. The predicted molar refractivity (Wildman–Crippen MR) is 118 cm³/mol. The first-order valence-electron chi connectivity index (χ1n) is 9.52. The maximum Gasteiger partial charge on any atom is 0.176 e. The van der Waals surface area contributed by atoms with Gasteiger partial charge in [-0.15, -0.1) is 0 Å². The van der Waals surface area contributed by atoms with Gasteiger partial charge in [0, 0.05) is 22.4 Å². The highest BCUT2D eigenvalue weighted by molar-refractivity contribution is 6.14. The van der Waals surface area contributed by atoms with E-state index < -0.39 is 6.23 Å². The Morgan fingerprint density at radius 1 is 1.12 bits per heavy atom. The first-order chi connectivity index (χ1) is 15.3. The number of hydrogen-bond donors (Lipinski definition) is 3. The Balaban J connectivity index is 1.99. The molecule has 0 radical (unpaired) electrons. The van der Waals surface area contributed by atoms with E-state index in [1.165, 1.54) is 19.2 Å². The lowest BCUT2D eigenvalue weighted by Crippen LogP contribution is -2.21. The SMILES string of the molecule is COc1c(C#N)cc(C(=N)c2cc(O[C@H](N)c3c(C)cnnc3C)ccc2N)cc1C#N. The molecule has 0 aliphatic rings. The average Bonchev–Trinajstić information content (AvgIpc) is 2.78. The zero-order valence-corrected chi connectivity index (χ0v) is 17.8. The number of nitrogens with zero attached hydrogens (tertiary/aromatic N) is 4. The molecule has 9 nitrogen and oxygen atoms in total. The minimum absolute atomic E-state index is 0.0233. The molecular formula is C23H21N7O2. The number of ether oxygens (including phenoxy) is 2. The molecule has 0 bridgehead atoms. The van der Waals surface area contributed by atoms with Crippen LogP contribution in [0, 0.1) is 41.9 Å². The summed E-state index contributed by atoms with van der Waals surface area (Å²) in [5.41, 5.74) is 16.0. The number of rotatable bonds is 6. The van der Waals surface area contributed by atoms with Crippen molar-refractivity contribution in [2.75, 3.05) is 12.8 Å². The van der Waals surface area contributed by atoms with Gasteiger partial charge in [-0.05, 0) is 49.7 Å². The van der Waals surface area contributed by atoms with Crippen LogP contribution in [0.4, 0.5) is 5.69 Å². The van der Waals surface area contributed by atoms with Gasteiger partial charge in [-0.25, -0.2) is 0 Å². The average molecular weight is 427 g/mol. The van der Waals surface area contributed by atoms with Crippen molar-refractivity contribution in [1.29, 1.82) is 15.9 Å². The number of benzene rings is 2. The minimum Gasteiger partial charge on any atom is -0.494 e. The Morgan fingerprint density at radius 2 is 1.78 bits per heavy atom. The van der Waals surface area contributed by atoms with Gasteiger partial charge in [0.15, 0.2) is 12.0 Å². The molecule has 0 saturated carbocycles. The fourth-order valence-corrected chi connectivity index (χ4v) is 3.39. The van der Waals surface area contributed by atoms with E-state index >= 15 is 0 Å². The lowest BCUT2D eigenvalue weighted by atomic mass is 9.96. The number of anilines is 1. The molecule has 0 aliphatic heterocycles. The quantitative estimate of drug-likeness (QED) is 0.306. The smallest absolute Gasteiger partial charge is 0.176 e. The van der Waals surface area contributed by atoms with Gasteiger partial charge in [0.05, 0.1) is 35.8 Å². The Bertz CT molecular complexity index is 1230.